The number of alkyl halides is 3. The predicted octanol–water partition coefficient (Wildman–Crippen LogP) is 2.53. The van der Waals surface area contributed by atoms with Gasteiger partial charge in [0, 0.05) is 10.7 Å². The minimum Gasteiger partial charge on any atom is -0.307 e. The van der Waals surface area contributed by atoms with Gasteiger partial charge in [-0.1, -0.05) is 17.7 Å². The van der Waals surface area contributed by atoms with Crippen LogP contribution in [0.5, 0.6) is 0 Å². The molecule has 0 bridgehead atoms. The van der Waals surface area contributed by atoms with E-state index in [1.807, 2.05) is 5.43 Å². The van der Waals surface area contributed by atoms with E-state index in [0.29, 0.717) is 10.7 Å². The summed E-state index contributed by atoms with van der Waals surface area (Å²) in [6.45, 7) is -1.31. The highest BCUT2D eigenvalue weighted by molar-refractivity contribution is 6.30. The third-order valence-corrected chi connectivity index (χ3v) is 1.81. The number of rotatable bonds is 3. The molecule has 0 aliphatic carbocycles. The third kappa shape index (κ3) is 5.98. The highest BCUT2D eigenvalue weighted by Crippen LogP contribution is 2.14. The number of hydrogen-bond donors (Lipinski definition) is 3. The smallest absolute Gasteiger partial charge is 0.307 e. The number of nitrogens with one attached hydrogen (secondary N) is 3. The average Bonchev–Trinajstić information content (AvgIpc) is 2.15. The Labute approximate surface area is 100 Å². The van der Waals surface area contributed by atoms with Gasteiger partial charge in [-0.15, -0.1) is 0 Å². The van der Waals surface area contributed by atoms with Crippen molar-refractivity contribution < 1.29 is 18.0 Å². The van der Waals surface area contributed by atoms with Crippen LogP contribution in [-0.2, 0) is 0 Å². The number of carbonyl (C=O) groups is 1. The summed E-state index contributed by atoms with van der Waals surface area (Å²) >= 11 is 5.66. The van der Waals surface area contributed by atoms with Crippen molar-refractivity contribution in [1.29, 1.82) is 0 Å². The Morgan fingerprint density at radius 2 is 2.06 bits per heavy atom. The lowest BCUT2D eigenvalue weighted by atomic mass is 10.3. The Kier molecular flexibility index (Phi) is 4.59. The summed E-state index contributed by atoms with van der Waals surface area (Å²) in [6, 6.07) is 5.41. The molecule has 0 aromatic heterocycles. The second-order valence-electron chi connectivity index (χ2n) is 3.06. The van der Waals surface area contributed by atoms with Crippen LogP contribution in [0, 0.1) is 0 Å². The van der Waals surface area contributed by atoms with Crippen LogP contribution in [0.1, 0.15) is 0 Å². The highest BCUT2D eigenvalue weighted by Gasteiger charge is 2.26. The molecule has 17 heavy (non-hydrogen) atoms. The molecule has 0 fully saturated rings. The van der Waals surface area contributed by atoms with Crippen LogP contribution in [-0.4, -0.2) is 18.8 Å². The molecule has 1 aromatic rings. The molecular formula is C9H9ClF3N3O. The second kappa shape index (κ2) is 5.74. The van der Waals surface area contributed by atoms with E-state index in [-0.39, 0.29) is 0 Å². The maximum Gasteiger partial charge on any atom is 0.402 e. The zero-order valence-corrected chi connectivity index (χ0v) is 9.19. The Hall–Kier alpha value is -1.47. The molecule has 0 saturated carbocycles. The molecule has 8 heteroatoms. The molecule has 0 atom stereocenters. The summed E-state index contributed by atoms with van der Waals surface area (Å²) in [5.41, 5.74) is 3.96. The molecule has 0 aliphatic rings. The van der Waals surface area contributed by atoms with Crippen molar-refractivity contribution >= 4 is 23.3 Å². The van der Waals surface area contributed by atoms with Crippen LogP contribution in [0.4, 0.5) is 23.7 Å². The molecule has 1 aromatic carbocycles. The summed E-state index contributed by atoms with van der Waals surface area (Å²) < 4.78 is 35.2. The molecular weight excluding hydrogens is 259 g/mol. The quantitative estimate of drug-likeness (QED) is 0.737. The van der Waals surface area contributed by atoms with Crippen molar-refractivity contribution in [2.45, 2.75) is 6.18 Å². The van der Waals surface area contributed by atoms with E-state index in [1.54, 1.807) is 23.6 Å². The molecule has 4 nitrogen and oxygen atoms in total. The Bertz CT molecular complexity index is 397. The first-order valence-corrected chi connectivity index (χ1v) is 4.87. The molecule has 0 unspecified atom stereocenters. The van der Waals surface area contributed by atoms with Crippen molar-refractivity contribution in [1.82, 2.24) is 10.9 Å². The summed E-state index contributed by atoms with van der Waals surface area (Å²) in [6.07, 6.45) is -4.39. The molecule has 0 heterocycles. The lowest BCUT2D eigenvalue weighted by molar-refractivity contribution is -0.125. The van der Waals surface area contributed by atoms with E-state index in [4.69, 9.17) is 11.6 Å². The van der Waals surface area contributed by atoms with E-state index in [0.717, 1.165) is 0 Å². The molecule has 1 rings (SSSR count). The van der Waals surface area contributed by atoms with Crippen molar-refractivity contribution in [2.24, 2.45) is 0 Å². The average molecular weight is 268 g/mol. The number of urea groups is 1. The fourth-order valence-corrected chi connectivity index (χ4v) is 1.14. The number of anilines is 1. The highest BCUT2D eigenvalue weighted by atomic mass is 35.5. The van der Waals surface area contributed by atoms with Crippen molar-refractivity contribution in [2.75, 3.05) is 11.9 Å². The van der Waals surface area contributed by atoms with Crippen molar-refractivity contribution in [3.8, 4) is 0 Å². The van der Waals surface area contributed by atoms with Gasteiger partial charge in [-0.2, -0.15) is 13.2 Å². The zero-order valence-electron chi connectivity index (χ0n) is 8.44. The second-order valence-corrected chi connectivity index (χ2v) is 3.49. The number of hydrogen-bond acceptors (Lipinski definition) is 2. The number of amides is 2. The van der Waals surface area contributed by atoms with Crippen LogP contribution in [0.15, 0.2) is 24.3 Å². The van der Waals surface area contributed by atoms with Crippen LogP contribution >= 0.6 is 11.6 Å². The first kappa shape index (κ1) is 13.6. The monoisotopic (exact) mass is 267 g/mol. The SMILES string of the molecule is O=C(NNCC(F)(F)F)Nc1cccc(Cl)c1. The largest absolute Gasteiger partial charge is 0.402 e. The predicted molar refractivity (Wildman–Crippen MR) is 57.7 cm³/mol. The van der Waals surface area contributed by atoms with E-state index >= 15 is 0 Å². The van der Waals surface area contributed by atoms with Gasteiger partial charge in [-0.05, 0) is 18.2 Å². The first-order valence-electron chi connectivity index (χ1n) is 4.49. The summed E-state index contributed by atoms with van der Waals surface area (Å²) in [7, 11) is 0. The van der Waals surface area contributed by atoms with Gasteiger partial charge in [0.25, 0.3) is 0 Å². The van der Waals surface area contributed by atoms with Gasteiger partial charge >= 0.3 is 12.2 Å². The van der Waals surface area contributed by atoms with Gasteiger partial charge in [-0.3, -0.25) is 5.43 Å². The first-order chi connectivity index (χ1) is 7.87. The number of benzene rings is 1. The molecule has 0 saturated heterocycles. The standard InChI is InChI=1S/C9H9ClF3N3O/c10-6-2-1-3-7(4-6)15-8(17)16-14-5-9(11,12)13/h1-4,14H,5H2,(H2,15,16,17). The molecule has 0 aliphatic heterocycles. The zero-order chi connectivity index (χ0) is 12.9. The molecule has 2 amide bonds. The summed E-state index contributed by atoms with van der Waals surface area (Å²) in [5, 5.41) is 2.71. The summed E-state index contributed by atoms with van der Waals surface area (Å²) in [4.78, 5) is 11.1. The minimum absolute atomic E-state index is 0.379. The maximum atomic E-state index is 11.7. The normalized spacial score (nSPS) is 11.1. The lowest BCUT2D eigenvalue weighted by Crippen LogP contribution is -2.44. The van der Waals surface area contributed by atoms with E-state index < -0.39 is 18.8 Å². The van der Waals surface area contributed by atoms with Crippen LogP contribution in [0.25, 0.3) is 0 Å². The lowest BCUT2D eigenvalue weighted by Gasteiger charge is -2.10. The van der Waals surface area contributed by atoms with Crippen LogP contribution in [0.2, 0.25) is 5.02 Å². The van der Waals surface area contributed by atoms with E-state index in [9.17, 15) is 18.0 Å². The van der Waals surface area contributed by atoms with Gasteiger partial charge in [0.1, 0.15) is 6.54 Å². The fraction of sp³-hybridized carbons (Fsp3) is 0.222. The molecule has 3 N–H and O–H groups in total. The van der Waals surface area contributed by atoms with Gasteiger partial charge in [0.2, 0.25) is 0 Å². The number of halogens is 4. The Balaban J connectivity index is 2.35. The third-order valence-electron chi connectivity index (χ3n) is 1.57. The van der Waals surface area contributed by atoms with Crippen molar-refractivity contribution in [3.05, 3.63) is 29.3 Å². The number of hydrazine groups is 1. The summed E-state index contributed by atoms with van der Waals surface area (Å²) in [5.74, 6) is 0. The van der Waals surface area contributed by atoms with Gasteiger partial charge in [0.15, 0.2) is 0 Å². The van der Waals surface area contributed by atoms with Gasteiger partial charge in [-0.25, -0.2) is 10.2 Å². The Morgan fingerprint density at radius 1 is 1.35 bits per heavy atom. The van der Waals surface area contributed by atoms with Crippen LogP contribution < -0.4 is 16.2 Å². The van der Waals surface area contributed by atoms with Gasteiger partial charge < -0.3 is 5.32 Å². The maximum absolute atomic E-state index is 11.7. The topological polar surface area (TPSA) is 53.2 Å². The van der Waals surface area contributed by atoms with E-state index in [1.165, 1.54) is 6.07 Å². The van der Waals surface area contributed by atoms with E-state index in [2.05, 4.69) is 5.32 Å². The molecule has 0 radical (unpaired) electrons. The fourth-order valence-electron chi connectivity index (χ4n) is 0.953. The molecule has 0 spiro atoms. The molecule has 94 valence electrons. The number of carbonyl (C=O) groups excluding carboxylic acids is 1. The van der Waals surface area contributed by atoms with Crippen molar-refractivity contribution in [3.63, 3.8) is 0 Å². The van der Waals surface area contributed by atoms with Crippen LogP contribution in [0.3, 0.4) is 0 Å². The van der Waals surface area contributed by atoms with Gasteiger partial charge in [0.05, 0.1) is 0 Å². The minimum atomic E-state index is -4.39. The Morgan fingerprint density at radius 3 is 2.65 bits per heavy atom.